The Bertz CT molecular complexity index is 592. The second kappa shape index (κ2) is 6.16. The molecule has 0 saturated heterocycles. The molecule has 1 aromatic rings. The first kappa shape index (κ1) is 17.8. The van der Waals surface area contributed by atoms with Gasteiger partial charge in [0.25, 0.3) is 0 Å². The van der Waals surface area contributed by atoms with Crippen LogP contribution in [-0.4, -0.2) is 24.7 Å². The van der Waals surface area contributed by atoms with Crippen molar-refractivity contribution in [3.05, 3.63) is 22.2 Å². The fourth-order valence-corrected chi connectivity index (χ4v) is 2.04. The first-order chi connectivity index (χ1) is 10.5. The number of ether oxygens (including phenoxy) is 2. The number of amides is 2. The van der Waals surface area contributed by atoms with Gasteiger partial charge in [-0.15, -0.1) is 0 Å². The van der Waals surface area contributed by atoms with Crippen LogP contribution in [-0.2, 0) is 0 Å². The van der Waals surface area contributed by atoms with Crippen LogP contribution >= 0.6 is 23.2 Å². The van der Waals surface area contributed by atoms with E-state index in [0.29, 0.717) is 0 Å². The van der Waals surface area contributed by atoms with Gasteiger partial charge >= 0.3 is 18.1 Å². The lowest BCUT2D eigenvalue weighted by Gasteiger charge is -2.29. The third-order valence-corrected chi connectivity index (χ3v) is 3.54. The monoisotopic (exact) mass is 372 g/mol. The second-order valence-corrected chi connectivity index (χ2v) is 6.07. The van der Waals surface area contributed by atoms with Gasteiger partial charge < -0.3 is 14.8 Å². The Kier molecular flexibility index (Phi) is 4.77. The van der Waals surface area contributed by atoms with Crippen molar-refractivity contribution >= 4 is 29.2 Å². The Morgan fingerprint density at radius 1 is 1.22 bits per heavy atom. The average Bonchev–Trinajstić information content (AvgIpc) is 2.75. The van der Waals surface area contributed by atoms with Gasteiger partial charge in [0, 0.05) is 18.7 Å². The molecule has 1 aliphatic heterocycles. The van der Waals surface area contributed by atoms with Crippen molar-refractivity contribution in [2.75, 3.05) is 6.54 Å². The summed E-state index contributed by atoms with van der Waals surface area (Å²) in [7, 11) is 0. The van der Waals surface area contributed by atoms with Crippen molar-refractivity contribution in [2.24, 2.45) is 5.92 Å². The van der Waals surface area contributed by atoms with E-state index in [4.69, 9.17) is 32.7 Å². The predicted molar refractivity (Wildman–Crippen MR) is 77.9 cm³/mol. The van der Waals surface area contributed by atoms with Crippen molar-refractivity contribution < 1.29 is 27.4 Å². The summed E-state index contributed by atoms with van der Waals surface area (Å²) in [4.78, 5) is 11.7. The van der Waals surface area contributed by atoms with Crippen LogP contribution in [0.25, 0.3) is 0 Å². The van der Waals surface area contributed by atoms with Crippen LogP contribution in [0.4, 0.5) is 18.0 Å². The number of carbonyl (C=O) groups excluding carboxylic acids is 1. The topological polar surface area (TPSA) is 59.6 Å². The molecular weight excluding hydrogens is 360 g/mol. The summed E-state index contributed by atoms with van der Waals surface area (Å²) >= 11 is 11.5. The number of hydrogen-bond acceptors (Lipinski definition) is 3. The maximum atomic E-state index is 13.4. The summed E-state index contributed by atoms with van der Waals surface area (Å²) < 4.78 is 49.8. The fourth-order valence-electron chi connectivity index (χ4n) is 1.73. The molecule has 0 atom stereocenters. The van der Waals surface area contributed by atoms with Crippen molar-refractivity contribution in [1.29, 1.82) is 0 Å². The molecule has 0 fully saturated rings. The Morgan fingerprint density at radius 2 is 1.70 bits per heavy atom. The van der Waals surface area contributed by atoms with Gasteiger partial charge in [-0.25, -0.2) is 4.79 Å². The Morgan fingerprint density at radius 3 is 2.09 bits per heavy atom. The first-order valence-corrected chi connectivity index (χ1v) is 7.29. The van der Waals surface area contributed by atoms with E-state index < -0.39 is 18.1 Å². The lowest BCUT2D eigenvalue weighted by atomic mass is 10.2. The Hall–Kier alpha value is -1.54. The zero-order chi connectivity index (χ0) is 17.4. The van der Waals surface area contributed by atoms with E-state index in [1.165, 1.54) is 0 Å². The number of halogens is 5. The van der Waals surface area contributed by atoms with E-state index in [1.807, 2.05) is 0 Å². The summed E-state index contributed by atoms with van der Waals surface area (Å²) in [6.45, 7) is 3.77. The number of alkyl halides is 3. The van der Waals surface area contributed by atoms with Crippen molar-refractivity contribution in [1.82, 2.24) is 10.6 Å². The van der Waals surface area contributed by atoms with Crippen molar-refractivity contribution in [2.45, 2.75) is 25.9 Å². The number of rotatable bonds is 3. The van der Waals surface area contributed by atoms with E-state index in [9.17, 15) is 18.0 Å². The molecule has 1 aliphatic rings. The normalized spacial score (nSPS) is 15.7. The predicted octanol–water partition coefficient (Wildman–Crippen LogP) is 3.94. The second-order valence-electron chi connectivity index (χ2n) is 5.26. The number of nitrogens with one attached hydrogen (secondary N) is 2. The number of benzene rings is 1. The van der Waals surface area contributed by atoms with Gasteiger partial charge in [-0.1, -0.05) is 37.0 Å². The number of urea groups is 1. The number of hydrogen-bond donors (Lipinski definition) is 2. The summed E-state index contributed by atoms with van der Waals surface area (Å²) in [6, 6.07) is 1.09. The molecular formula is C13H13Cl2F3N2O3. The van der Waals surface area contributed by atoms with E-state index in [2.05, 4.69) is 5.32 Å². The zero-order valence-corrected chi connectivity index (χ0v) is 13.6. The molecule has 0 aliphatic carbocycles. The Labute approximate surface area is 140 Å². The fraction of sp³-hybridized carbons (Fsp3) is 0.462. The molecule has 2 N–H and O–H groups in total. The van der Waals surface area contributed by atoms with E-state index in [1.54, 1.807) is 19.2 Å². The summed E-state index contributed by atoms with van der Waals surface area (Å²) in [6.07, 6.45) is -5.04. The molecule has 5 nitrogen and oxygen atoms in total. The molecule has 1 aromatic carbocycles. The van der Waals surface area contributed by atoms with Crippen LogP contribution in [0.5, 0.6) is 11.5 Å². The SMILES string of the molecule is CC(C)CNC(=O)NC1(C(F)(F)F)Oc2cc(Cl)c(Cl)cc2O1. The van der Waals surface area contributed by atoms with Gasteiger partial charge in [0.05, 0.1) is 10.0 Å². The van der Waals surface area contributed by atoms with Gasteiger partial charge in [0.1, 0.15) is 0 Å². The quantitative estimate of drug-likeness (QED) is 0.844. The molecule has 2 rings (SSSR count). The van der Waals surface area contributed by atoms with E-state index in [0.717, 1.165) is 12.1 Å². The highest BCUT2D eigenvalue weighted by Gasteiger charge is 2.65. The molecule has 10 heteroatoms. The molecule has 0 aromatic heterocycles. The molecule has 23 heavy (non-hydrogen) atoms. The van der Waals surface area contributed by atoms with Crippen LogP contribution < -0.4 is 20.1 Å². The number of fused-ring (bicyclic) bond motifs is 1. The smallest absolute Gasteiger partial charge is 0.424 e. The lowest BCUT2D eigenvalue weighted by Crippen LogP contribution is -2.66. The molecule has 1 heterocycles. The minimum atomic E-state index is -5.04. The molecule has 0 bridgehead atoms. The van der Waals surface area contributed by atoms with Crippen LogP contribution in [0.15, 0.2) is 12.1 Å². The van der Waals surface area contributed by atoms with Crippen molar-refractivity contribution in [3.63, 3.8) is 0 Å². The highest BCUT2D eigenvalue weighted by atomic mass is 35.5. The largest absolute Gasteiger partial charge is 0.492 e. The standard InChI is InChI=1S/C13H13Cl2F3N2O3/c1-6(2)5-19-11(21)20-13(12(16,17)18)22-9-3-7(14)8(15)4-10(9)23-13/h3-4,6H,5H2,1-2H3,(H2,19,20,21). The minimum Gasteiger partial charge on any atom is -0.424 e. The van der Waals surface area contributed by atoms with E-state index >= 15 is 0 Å². The zero-order valence-electron chi connectivity index (χ0n) is 12.1. The molecule has 0 radical (unpaired) electrons. The minimum absolute atomic E-state index is 0.00347. The van der Waals surface area contributed by atoms with E-state index in [-0.39, 0.29) is 34.0 Å². The maximum Gasteiger partial charge on any atom is 0.492 e. The van der Waals surface area contributed by atoms with Crippen LogP contribution in [0.2, 0.25) is 10.0 Å². The van der Waals surface area contributed by atoms with Gasteiger partial charge in [-0.05, 0) is 5.92 Å². The highest BCUT2D eigenvalue weighted by molar-refractivity contribution is 6.42. The van der Waals surface area contributed by atoms with Gasteiger partial charge in [-0.3, -0.25) is 5.32 Å². The van der Waals surface area contributed by atoms with Crippen molar-refractivity contribution in [3.8, 4) is 11.5 Å². The third-order valence-electron chi connectivity index (χ3n) is 2.82. The van der Waals surface area contributed by atoms with Gasteiger partial charge in [0.15, 0.2) is 11.5 Å². The van der Waals surface area contributed by atoms with Gasteiger partial charge in [-0.2, -0.15) is 13.2 Å². The summed E-state index contributed by atoms with van der Waals surface area (Å²) in [5.41, 5.74) is 0. The molecule has 0 spiro atoms. The van der Waals surface area contributed by atoms with Gasteiger partial charge in [0.2, 0.25) is 0 Å². The molecule has 0 saturated carbocycles. The lowest BCUT2D eigenvalue weighted by molar-refractivity contribution is -0.317. The first-order valence-electron chi connectivity index (χ1n) is 6.54. The summed E-state index contributed by atoms with van der Waals surface area (Å²) in [5.74, 6) is -3.84. The third kappa shape index (κ3) is 3.69. The molecule has 2 amide bonds. The number of carbonyl (C=O) groups is 1. The van der Waals surface area contributed by atoms with Crippen LogP contribution in [0.3, 0.4) is 0 Å². The highest BCUT2D eigenvalue weighted by Crippen LogP contribution is 2.47. The van der Waals surface area contributed by atoms with Crippen LogP contribution in [0, 0.1) is 5.92 Å². The maximum absolute atomic E-state index is 13.4. The average molecular weight is 373 g/mol. The molecule has 0 unspecified atom stereocenters. The summed E-state index contributed by atoms with van der Waals surface area (Å²) in [5, 5.41) is 3.95. The van der Waals surface area contributed by atoms with Crippen LogP contribution in [0.1, 0.15) is 13.8 Å². The molecule has 128 valence electrons. The Balaban J connectivity index is 2.25.